The van der Waals surface area contributed by atoms with Crippen LogP contribution in [0.25, 0.3) is 0 Å². The Balaban J connectivity index is 1.66. The summed E-state index contributed by atoms with van der Waals surface area (Å²) in [5.74, 6) is 1.27. The van der Waals surface area contributed by atoms with Crippen LogP contribution in [0.2, 0.25) is 0 Å². The molecule has 0 unspecified atom stereocenters. The number of amides is 2. The number of carbonyl (C=O) groups excluding carboxylic acids is 2. The third-order valence-electron chi connectivity index (χ3n) is 4.57. The molecule has 32 heavy (non-hydrogen) atoms. The standard InChI is InChI=1S/C22H24N4O5S/c1-5-30-18-9-8-15(11-19(18)29-4)20(27)24-25-21(28)16-7-6-10-23-22(16)32-12-17-13(2)26-31-14(17)3/h6-11H,5,12H2,1-4H3,(H,24,27)(H,25,28). The van der Waals surface area contributed by atoms with Crippen molar-refractivity contribution in [3.05, 3.63) is 64.7 Å². The molecule has 0 fully saturated rings. The van der Waals surface area contributed by atoms with Crippen molar-refractivity contribution in [3.8, 4) is 11.5 Å². The van der Waals surface area contributed by atoms with Crippen molar-refractivity contribution < 1.29 is 23.6 Å². The Morgan fingerprint density at radius 3 is 2.59 bits per heavy atom. The Labute approximate surface area is 189 Å². The lowest BCUT2D eigenvalue weighted by molar-refractivity contribution is 0.0844. The zero-order valence-electron chi connectivity index (χ0n) is 18.2. The molecule has 0 atom stereocenters. The van der Waals surface area contributed by atoms with Crippen molar-refractivity contribution >= 4 is 23.6 Å². The van der Waals surface area contributed by atoms with Crippen LogP contribution in [0.5, 0.6) is 11.5 Å². The number of thioether (sulfide) groups is 1. The number of nitrogens with zero attached hydrogens (tertiary/aromatic N) is 2. The first-order chi connectivity index (χ1) is 15.4. The molecule has 2 N–H and O–H groups in total. The number of methoxy groups -OCH3 is 1. The second-order valence-electron chi connectivity index (χ2n) is 6.65. The van der Waals surface area contributed by atoms with E-state index in [0.717, 1.165) is 17.0 Å². The van der Waals surface area contributed by atoms with Crippen molar-refractivity contribution in [2.75, 3.05) is 13.7 Å². The van der Waals surface area contributed by atoms with Crippen LogP contribution < -0.4 is 20.3 Å². The number of pyridine rings is 1. The molecule has 0 saturated heterocycles. The van der Waals surface area contributed by atoms with Crippen LogP contribution in [0, 0.1) is 13.8 Å². The van der Waals surface area contributed by atoms with Crippen molar-refractivity contribution in [3.63, 3.8) is 0 Å². The third kappa shape index (κ3) is 5.38. The number of benzene rings is 1. The van der Waals surface area contributed by atoms with Gasteiger partial charge in [0, 0.05) is 23.1 Å². The molecule has 9 nitrogen and oxygen atoms in total. The van der Waals surface area contributed by atoms with E-state index in [1.165, 1.54) is 18.9 Å². The average Bonchev–Trinajstić information content (AvgIpc) is 3.13. The Morgan fingerprint density at radius 2 is 1.91 bits per heavy atom. The highest BCUT2D eigenvalue weighted by Crippen LogP contribution is 2.28. The first-order valence-electron chi connectivity index (χ1n) is 9.85. The minimum atomic E-state index is -0.492. The topological polar surface area (TPSA) is 116 Å². The summed E-state index contributed by atoms with van der Waals surface area (Å²) in [5.41, 5.74) is 7.27. The van der Waals surface area contributed by atoms with E-state index in [2.05, 4.69) is 21.0 Å². The van der Waals surface area contributed by atoms with Gasteiger partial charge in [0.05, 0.1) is 25.0 Å². The molecule has 0 aliphatic carbocycles. The number of hydrogen-bond donors (Lipinski definition) is 2. The first-order valence-corrected chi connectivity index (χ1v) is 10.8. The normalized spacial score (nSPS) is 10.5. The molecule has 1 aromatic carbocycles. The van der Waals surface area contributed by atoms with Gasteiger partial charge in [0.1, 0.15) is 10.8 Å². The Hall–Kier alpha value is -3.53. The van der Waals surface area contributed by atoms with Gasteiger partial charge in [0.2, 0.25) is 0 Å². The monoisotopic (exact) mass is 456 g/mol. The summed E-state index contributed by atoms with van der Waals surface area (Å²) in [4.78, 5) is 29.5. The van der Waals surface area contributed by atoms with Crippen LogP contribution >= 0.6 is 11.8 Å². The van der Waals surface area contributed by atoms with E-state index in [0.29, 0.717) is 40.0 Å². The molecule has 0 spiro atoms. The minimum absolute atomic E-state index is 0.310. The molecule has 0 radical (unpaired) electrons. The van der Waals surface area contributed by atoms with E-state index in [4.69, 9.17) is 14.0 Å². The fourth-order valence-electron chi connectivity index (χ4n) is 2.86. The van der Waals surface area contributed by atoms with Gasteiger partial charge in [0.25, 0.3) is 11.8 Å². The number of hydrogen-bond acceptors (Lipinski definition) is 8. The van der Waals surface area contributed by atoms with E-state index in [1.807, 2.05) is 20.8 Å². The molecule has 2 heterocycles. The number of hydrazine groups is 1. The van der Waals surface area contributed by atoms with Crippen LogP contribution in [0.1, 0.15) is 44.7 Å². The second-order valence-corrected chi connectivity index (χ2v) is 7.62. The maximum absolute atomic E-state index is 12.7. The fourth-order valence-corrected chi connectivity index (χ4v) is 4.01. The molecule has 10 heteroatoms. The van der Waals surface area contributed by atoms with Gasteiger partial charge in [-0.1, -0.05) is 5.16 Å². The van der Waals surface area contributed by atoms with Crippen LogP contribution in [-0.4, -0.2) is 35.7 Å². The van der Waals surface area contributed by atoms with Gasteiger partial charge in [-0.2, -0.15) is 0 Å². The molecule has 2 amide bonds. The van der Waals surface area contributed by atoms with Crippen LogP contribution in [0.4, 0.5) is 0 Å². The lowest BCUT2D eigenvalue weighted by atomic mass is 10.2. The molecular formula is C22H24N4O5S. The van der Waals surface area contributed by atoms with Crippen molar-refractivity contribution in [2.24, 2.45) is 0 Å². The van der Waals surface area contributed by atoms with Crippen LogP contribution in [0.15, 0.2) is 46.1 Å². The van der Waals surface area contributed by atoms with Gasteiger partial charge < -0.3 is 14.0 Å². The molecular weight excluding hydrogens is 432 g/mol. The minimum Gasteiger partial charge on any atom is -0.493 e. The predicted octanol–water partition coefficient (Wildman–Crippen LogP) is 3.46. The molecule has 3 rings (SSSR count). The van der Waals surface area contributed by atoms with Gasteiger partial charge in [-0.25, -0.2) is 4.98 Å². The SMILES string of the molecule is CCOc1ccc(C(=O)NNC(=O)c2cccnc2SCc2c(C)noc2C)cc1OC. The lowest BCUT2D eigenvalue weighted by Crippen LogP contribution is -2.41. The first kappa shape index (κ1) is 23.1. The maximum atomic E-state index is 12.7. The van der Waals surface area contributed by atoms with Crippen molar-refractivity contribution in [1.29, 1.82) is 0 Å². The van der Waals surface area contributed by atoms with E-state index in [1.54, 1.807) is 36.5 Å². The smallest absolute Gasteiger partial charge is 0.272 e. The Morgan fingerprint density at radius 1 is 1.12 bits per heavy atom. The number of aryl methyl sites for hydroxylation is 2. The number of carbonyl (C=O) groups is 2. The summed E-state index contributed by atoms with van der Waals surface area (Å²) >= 11 is 1.39. The predicted molar refractivity (Wildman–Crippen MR) is 119 cm³/mol. The molecule has 3 aromatic rings. The Kier molecular flexibility index (Phi) is 7.72. The quantitative estimate of drug-likeness (QED) is 0.391. The van der Waals surface area contributed by atoms with Gasteiger partial charge in [-0.15, -0.1) is 11.8 Å². The highest BCUT2D eigenvalue weighted by molar-refractivity contribution is 7.98. The average molecular weight is 457 g/mol. The molecule has 168 valence electrons. The van der Waals surface area contributed by atoms with E-state index in [9.17, 15) is 9.59 Å². The molecule has 0 bridgehead atoms. The highest BCUT2D eigenvalue weighted by atomic mass is 32.2. The summed E-state index contributed by atoms with van der Waals surface area (Å²) in [6.07, 6.45) is 1.61. The van der Waals surface area contributed by atoms with Crippen LogP contribution in [-0.2, 0) is 5.75 Å². The van der Waals surface area contributed by atoms with E-state index < -0.39 is 11.8 Å². The number of nitrogens with one attached hydrogen (secondary N) is 2. The zero-order valence-corrected chi connectivity index (χ0v) is 19.0. The summed E-state index contributed by atoms with van der Waals surface area (Å²) < 4.78 is 15.9. The zero-order chi connectivity index (χ0) is 23.1. The lowest BCUT2D eigenvalue weighted by Gasteiger charge is -2.12. The molecule has 0 saturated carbocycles. The van der Waals surface area contributed by atoms with Gasteiger partial charge in [0.15, 0.2) is 11.5 Å². The van der Waals surface area contributed by atoms with E-state index in [-0.39, 0.29) is 0 Å². The summed E-state index contributed by atoms with van der Waals surface area (Å²) in [5, 5.41) is 4.47. The number of ether oxygens (including phenoxy) is 2. The van der Waals surface area contributed by atoms with Crippen molar-refractivity contribution in [2.45, 2.75) is 31.6 Å². The molecule has 0 aliphatic heterocycles. The van der Waals surface area contributed by atoms with Gasteiger partial charge in [-0.05, 0) is 51.1 Å². The summed E-state index contributed by atoms with van der Waals surface area (Å²) in [6, 6.07) is 8.08. The highest BCUT2D eigenvalue weighted by Gasteiger charge is 2.17. The number of rotatable bonds is 8. The fraction of sp³-hybridized carbons (Fsp3) is 0.273. The summed E-state index contributed by atoms with van der Waals surface area (Å²) in [7, 11) is 1.49. The molecule has 2 aromatic heterocycles. The van der Waals surface area contributed by atoms with E-state index >= 15 is 0 Å². The largest absolute Gasteiger partial charge is 0.493 e. The Bertz CT molecular complexity index is 1100. The third-order valence-corrected chi connectivity index (χ3v) is 5.60. The van der Waals surface area contributed by atoms with Crippen LogP contribution in [0.3, 0.4) is 0 Å². The number of aromatic nitrogens is 2. The van der Waals surface area contributed by atoms with Gasteiger partial charge >= 0.3 is 0 Å². The molecule has 0 aliphatic rings. The second kappa shape index (κ2) is 10.7. The maximum Gasteiger partial charge on any atom is 0.272 e. The summed E-state index contributed by atoms with van der Waals surface area (Å²) in [6.45, 7) is 6.03. The van der Waals surface area contributed by atoms with Gasteiger partial charge in [-0.3, -0.25) is 20.4 Å². The van der Waals surface area contributed by atoms with Crippen molar-refractivity contribution in [1.82, 2.24) is 21.0 Å².